The molecule has 1 saturated heterocycles. The summed E-state index contributed by atoms with van der Waals surface area (Å²) in [5.74, 6) is -3.13. The minimum Gasteiger partial charge on any atom is -0.481 e. The van der Waals surface area contributed by atoms with Crippen LogP contribution >= 0.6 is 0 Å². The molecule has 20 heavy (non-hydrogen) atoms. The minimum atomic E-state index is -4.22. The van der Waals surface area contributed by atoms with E-state index in [1.165, 1.54) is 4.90 Å². The number of halogens is 3. The standard InChI is InChI=1S/C13H18F3NO3/c14-13(15,16)10-3-1-2-9(5-10)12(20)17-6-8(7-17)4-11(18)19/h8-10H,1-7H2,(H,18,19). The van der Waals surface area contributed by atoms with E-state index in [9.17, 15) is 22.8 Å². The molecule has 1 saturated carbocycles. The van der Waals surface area contributed by atoms with E-state index in [0.717, 1.165) is 0 Å². The van der Waals surface area contributed by atoms with Crippen LogP contribution in [0.15, 0.2) is 0 Å². The normalized spacial score (nSPS) is 28.1. The quantitative estimate of drug-likeness (QED) is 0.868. The van der Waals surface area contributed by atoms with Crippen molar-refractivity contribution in [3.05, 3.63) is 0 Å². The van der Waals surface area contributed by atoms with Gasteiger partial charge in [0.2, 0.25) is 5.91 Å². The van der Waals surface area contributed by atoms with E-state index in [0.29, 0.717) is 25.9 Å². The first-order valence-electron chi connectivity index (χ1n) is 6.84. The summed E-state index contributed by atoms with van der Waals surface area (Å²) in [5.41, 5.74) is 0. The second-order valence-corrected chi connectivity index (χ2v) is 5.81. The molecule has 0 bridgehead atoms. The van der Waals surface area contributed by atoms with Crippen LogP contribution < -0.4 is 0 Å². The first kappa shape index (κ1) is 15.1. The van der Waals surface area contributed by atoms with Crippen LogP contribution in [0.1, 0.15) is 32.1 Å². The van der Waals surface area contributed by atoms with E-state index >= 15 is 0 Å². The Hall–Kier alpha value is -1.27. The Balaban J connectivity index is 1.83. The summed E-state index contributed by atoms with van der Waals surface area (Å²) in [5, 5.41) is 8.62. The third-order valence-electron chi connectivity index (χ3n) is 4.22. The third kappa shape index (κ3) is 3.43. The predicted molar refractivity (Wildman–Crippen MR) is 63.8 cm³/mol. The van der Waals surface area contributed by atoms with Crippen molar-refractivity contribution in [2.45, 2.75) is 38.3 Å². The van der Waals surface area contributed by atoms with Gasteiger partial charge in [0.1, 0.15) is 0 Å². The van der Waals surface area contributed by atoms with Crippen LogP contribution in [0.3, 0.4) is 0 Å². The Morgan fingerprint density at radius 3 is 2.40 bits per heavy atom. The van der Waals surface area contributed by atoms with Gasteiger partial charge >= 0.3 is 12.1 Å². The van der Waals surface area contributed by atoms with Gasteiger partial charge in [0, 0.05) is 24.9 Å². The van der Waals surface area contributed by atoms with Gasteiger partial charge in [-0.05, 0) is 19.3 Å². The van der Waals surface area contributed by atoms with Crippen molar-refractivity contribution in [3.63, 3.8) is 0 Å². The Bertz CT molecular complexity index is 391. The molecule has 2 rings (SSSR count). The molecule has 1 heterocycles. The zero-order valence-electron chi connectivity index (χ0n) is 11.0. The molecule has 2 atom stereocenters. The summed E-state index contributed by atoms with van der Waals surface area (Å²) in [4.78, 5) is 24.1. The lowest BCUT2D eigenvalue weighted by Crippen LogP contribution is -2.53. The van der Waals surface area contributed by atoms with Crippen molar-refractivity contribution in [3.8, 4) is 0 Å². The van der Waals surface area contributed by atoms with Crippen LogP contribution in [0.5, 0.6) is 0 Å². The number of rotatable bonds is 3. The van der Waals surface area contributed by atoms with Crippen molar-refractivity contribution in [2.24, 2.45) is 17.8 Å². The molecule has 0 aromatic carbocycles. The molecule has 0 aromatic heterocycles. The summed E-state index contributed by atoms with van der Waals surface area (Å²) in [6.45, 7) is 0.719. The van der Waals surface area contributed by atoms with E-state index < -0.39 is 24.0 Å². The molecule has 0 radical (unpaired) electrons. The van der Waals surface area contributed by atoms with E-state index in [1.807, 2.05) is 0 Å². The second-order valence-electron chi connectivity index (χ2n) is 5.81. The van der Waals surface area contributed by atoms with Gasteiger partial charge in [-0.1, -0.05) is 6.42 Å². The molecular formula is C13H18F3NO3. The fourth-order valence-corrected chi connectivity index (χ4v) is 3.10. The van der Waals surface area contributed by atoms with Gasteiger partial charge in [0.25, 0.3) is 0 Å². The zero-order chi connectivity index (χ0) is 14.9. The van der Waals surface area contributed by atoms with Crippen LogP contribution in [0, 0.1) is 17.8 Å². The number of nitrogens with zero attached hydrogens (tertiary/aromatic N) is 1. The van der Waals surface area contributed by atoms with Crippen LogP contribution in [-0.4, -0.2) is 41.1 Å². The monoisotopic (exact) mass is 293 g/mol. The predicted octanol–water partition coefficient (Wildman–Crippen LogP) is 2.29. The van der Waals surface area contributed by atoms with E-state index in [4.69, 9.17) is 5.11 Å². The first-order chi connectivity index (χ1) is 9.27. The van der Waals surface area contributed by atoms with Crippen LogP contribution in [-0.2, 0) is 9.59 Å². The molecule has 0 spiro atoms. The van der Waals surface area contributed by atoms with Gasteiger partial charge in [-0.3, -0.25) is 9.59 Å². The number of hydrogen-bond acceptors (Lipinski definition) is 2. The highest BCUT2D eigenvalue weighted by atomic mass is 19.4. The summed E-state index contributed by atoms with van der Waals surface area (Å²) < 4.78 is 38.1. The highest BCUT2D eigenvalue weighted by Gasteiger charge is 2.45. The number of alkyl halides is 3. The number of likely N-dealkylation sites (tertiary alicyclic amines) is 1. The smallest absolute Gasteiger partial charge is 0.391 e. The molecule has 2 aliphatic rings. The van der Waals surface area contributed by atoms with Crippen molar-refractivity contribution >= 4 is 11.9 Å². The van der Waals surface area contributed by atoms with Gasteiger partial charge in [0.05, 0.1) is 12.3 Å². The van der Waals surface area contributed by atoms with Crippen molar-refractivity contribution < 1.29 is 27.9 Å². The minimum absolute atomic E-state index is 0.0135. The summed E-state index contributed by atoms with van der Waals surface area (Å²) in [6.07, 6.45) is -3.30. The number of amides is 1. The van der Waals surface area contributed by atoms with Crippen LogP contribution in [0.4, 0.5) is 13.2 Å². The molecule has 0 aromatic rings. The maximum Gasteiger partial charge on any atom is 0.391 e. The molecule has 2 unspecified atom stereocenters. The highest BCUT2D eigenvalue weighted by molar-refractivity contribution is 5.80. The van der Waals surface area contributed by atoms with E-state index in [1.54, 1.807) is 0 Å². The molecule has 4 nitrogen and oxygen atoms in total. The lowest BCUT2D eigenvalue weighted by atomic mass is 9.79. The third-order valence-corrected chi connectivity index (χ3v) is 4.22. The maximum absolute atomic E-state index is 12.7. The summed E-state index contributed by atoms with van der Waals surface area (Å²) in [6, 6.07) is 0. The summed E-state index contributed by atoms with van der Waals surface area (Å²) >= 11 is 0. The highest BCUT2D eigenvalue weighted by Crippen LogP contribution is 2.41. The Labute approximate surface area is 114 Å². The molecule has 114 valence electrons. The Kier molecular flexibility index (Phi) is 4.25. The van der Waals surface area contributed by atoms with Gasteiger partial charge in [0.15, 0.2) is 0 Å². The van der Waals surface area contributed by atoms with E-state index in [2.05, 4.69) is 0 Å². The van der Waals surface area contributed by atoms with Gasteiger partial charge in [-0.25, -0.2) is 0 Å². The number of aliphatic carboxylic acids is 1. The van der Waals surface area contributed by atoms with Gasteiger partial charge in [-0.15, -0.1) is 0 Å². The zero-order valence-corrected chi connectivity index (χ0v) is 11.0. The van der Waals surface area contributed by atoms with Crippen LogP contribution in [0.2, 0.25) is 0 Å². The van der Waals surface area contributed by atoms with Gasteiger partial charge in [-0.2, -0.15) is 13.2 Å². The average molecular weight is 293 g/mol. The van der Waals surface area contributed by atoms with Crippen molar-refractivity contribution in [1.82, 2.24) is 4.90 Å². The molecule has 1 amide bonds. The number of carbonyl (C=O) groups is 2. The lowest BCUT2D eigenvalue weighted by Gasteiger charge is -2.42. The van der Waals surface area contributed by atoms with E-state index in [-0.39, 0.29) is 31.1 Å². The number of carbonyl (C=O) groups excluding carboxylic acids is 1. The largest absolute Gasteiger partial charge is 0.481 e. The molecular weight excluding hydrogens is 275 g/mol. The molecule has 1 aliphatic heterocycles. The average Bonchev–Trinajstić information content (AvgIpc) is 2.31. The SMILES string of the molecule is O=C(O)CC1CN(C(=O)C2CCCC(C(F)(F)F)C2)C1. The molecule has 7 heteroatoms. The molecule has 1 N–H and O–H groups in total. The number of carboxylic acids is 1. The fraction of sp³-hybridized carbons (Fsp3) is 0.846. The summed E-state index contributed by atoms with van der Waals surface area (Å²) in [7, 11) is 0. The lowest BCUT2D eigenvalue weighted by molar-refractivity contribution is -0.188. The molecule has 2 fully saturated rings. The second kappa shape index (κ2) is 5.61. The van der Waals surface area contributed by atoms with Crippen LogP contribution in [0.25, 0.3) is 0 Å². The fourth-order valence-electron chi connectivity index (χ4n) is 3.10. The van der Waals surface area contributed by atoms with Gasteiger partial charge < -0.3 is 10.0 Å². The van der Waals surface area contributed by atoms with Crippen molar-refractivity contribution in [1.29, 1.82) is 0 Å². The first-order valence-corrected chi connectivity index (χ1v) is 6.84. The number of hydrogen-bond donors (Lipinski definition) is 1. The Morgan fingerprint density at radius 1 is 1.20 bits per heavy atom. The molecule has 1 aliphatic carbocycles. The Morgan fingerprint density at radius 2 is 1.85 bits per heavy atom. The topological polar surface area (TPSA) is 57.6 Å². The number of carboxylic acid groups (broad SMARTS) is 1. The maximum atomic E-state index is 12.7. The van der Waals surface area contributed by atoms with Crippen molar-refractivity contribution in [2.75, 3.05) is 13.1 Å².